The lowest BCUT2D eigenvalue weighted by atomic mass is 9.76. The van der Waals surface area contributed by atoms with Crippen molar-refractivity contribution in [1.29, 1.82) is 0 Å². The molecule has 2 aromatic rings. The monoisotopic (exact) mass is 327 g/mol. The maximum atomic E-state index is 12.3. The second-order valence-electron chi connectivity index (χ2n) is 6.94. The highest BCUT2D eigenvalue weighted by Gasteiger charge is 2.33. The van der Waals surface area contributed by atoms with Gasteiger partial charge in [-0.2, -0.15) is 0 Å². The molecule has 0 aliphatic heterocycles. The quantitative estimate of drug-likeness (QED) is 0.637. The predicted octanol–water partition coefficient (Wildman–Crippen LogP) is 3.29. The topological polar surface area (TPSA) is 90.4 Å². The number of hydrogen-bond acceptors (Lipinski definition) is 5. The van der Waals surface area contributed by atoms with Crippen LogP contribution in [0.2, 0.25) is 0 Å². The minimum Gasteiger partial charge on any atom is -0.427 e. The summed E-state index contributed by atoms with van der Waals surface area (Å²) in [6.45, 7) is 3.93. The van der Waals surface area contributed by atoms with Gasteiger partial charge in [0, 0.05) is 37.0 Å². The van der Waals surface area contributed by atoms with Crippen LogP contribution in [0.3, 0.4) is 0 Å². The van der Waals surface area contributed by atoms with Gasteiger partial charge in [-0.25, -0.2) is 4.79 Å². The van der Waals surface area contributed by atoms with E-state index in [1.54, 1.807) is 18.2 Å². The molecule has 0 unspecified atom stereocenters. The van der Waals surface area contributed by atoms with Crippen LogP contribution in [0.25, 0.3) is 0 Å². The largest absolute Gasteiger partial charge is 0.427 e. The number of hydrogen-bond donors (Lipinski definition) is 0. The number of nitro benzene ring substituents is 1. The highest BCUT2D eigenvalue weighted by atomic mass is 16.6. The summed E-state index contributed by atoms with van der Waals surface area (Å²) in [6.07, 6.45) is 1.14. The first-order chi connectivity index (χ1) is 11.2. The number of nitrogens with zero attached hydrogens (tertiary/aromatic N) is 1. The van der Waals surface area contributed by atoms with Crippen LogP contribution in [0.1, 0.15) is 47.5 Å². The number of ketones is 1. The maximum Gasteiger partial charge on any atom is 0.339 e. The minimum atomic E-state index is -0.495. The van der Waals surface area contributed by atoms with Crippen LogP contribution in [0.15, 0.2) is 39.5 Å². The number of carbonyl (C=O) groups excluding carboxylic acids is 1. The highest BCUT2D eigenvalue weighted by Crippen LogP contribution is 2.34. The molecular formula is C18H17NO5. The molecule has 0 radical (unpaired) electrons. The van der Waals surface area contributed by atoms with Crippen LogP contribution in [0, 0.1) is 15.5 Å². The van der Waals surface area contributed by atoms with Gasteiger partial charge in [0.05, 0.1) is 10.5 Å². The molecule has 0 N–H and O–H groups in total. The fourth-order valence-electron chi connectivity index (χ4n) is 3.06. The zero-order valence-electron chi connectivity index (χ0n) is 13.5. The number of Topliss-reactive ketones (excluding diaryl/α,β-unsaturated/α-hetero) is 1. The lowest BCUT2D eigenvalue weighted by molar-refractivity contribution is -0.384. The van der Waals surface area contributed by atoms with Gasteiger partial charge < -0.3 is 4.42 Å². The summed E-state index contributed by atoms with van der Waals surface area (Å²) in [5.41, 5.74) is 0.664. The average molecular weight is 327 g/mol. The molecule has 1 heterocycles. The van der Waals surface area contributed by atoms with E-state index >= 15 is 0 Å². The van der Waals surface area contributed by atoms with E-state index in [-0.39, 0.29) is 23.3 Å². The predicted molar refractivity (Wildman–Crippen MR) is 87.3 cm³/mol. The molecular weight excluding hydrogens is 310 g/mol. The highest BCUT2D eigenvalue weighted by molar-refractivity contribution is 5.98. The molecule has 6 heteroatoms. The molecule has 0 bridgehead atoms. The van der Waals surface area contributed by atoms with Crippen molar-refractivity contribution < 1.29 is 14.1 Å². The third-order valence-electron chi connectivity index (χ3n) is 4.19. The number of fused-ring (bicyclic) bond motifs is 1. The standard InChI is InChI=1S/C18H17NO5/c1-18(2)9-15(20)14-8-12(17(21)24-16(14)10-18)6-11-4-3-5-13(7-11)19(22)23/h3-5,7-8H,6,9-10H2,1-2H3. The minimum absolute atomic E-state index is 0.0346. The van der Waals surface area contributed by atoms with Gasteiger partial charge in [0.15, 0.2) is 5.78 Å². The first-order valence-electron chi connectivity index (χ1n) is 7.68. The molecule has 0 spiro atoms. The Balaban J connectivity index is 1.98. The molecule has 3 rings (SSSR count). The second kappa shape index (κ2) is 5.70. The van der Waals surface area contributed by atoms with Crippen molar-refractivity contribution in [3.05, 3.63) is 73.3 Å². The lowest BCUT2D eigenvalue weighted by Gasteiger charge is -2.28. The van der Waals surface area contributed by atoms with Gasteiger partial charge in [0.25, 0.3) is 5.69 Å². The van der Waals surface area contributed by atoms with Gasteiger partial charge >= 0.3 is 5.63 Å². The molecule has 1 aliphatic rings. The Kier molecular flexibility index (Phi) is 3.83. The Morgan fingerprint density at radius 2 is 1.96 bits per heavy atom. The fourth-order valence-corrected chi connectivity index (χ4v) is 3.06. The van der Waals surface area contributed by atoms with E-state index < -0.39 is 10.5 Å². The van der Waals surface area contributed by atoms with Crippen molar-refractivity contribution in [3.8, 4) is 0 Å². The van der Waals surface area contributed by atoms with Gasteiger partial charge in [-0.1, -0.05) is 26.0 Å². The second-order valence-corrected chi connectivity index (χ2v) is 6.94. The van der Waals surface area contributed by atoms with Gasteiger partial charge in [-0.05, 0) is 17.0 Å². The van der Waals surface area contributed by atoms with Gasteiger partial charge in [0.1, 0.15) is 5.76 Å². The average Bonchev–Trinajstić information content (AvgIpc) is 2.48. The van der Waals surface area contributed by atoms with E-state index in [1.165, 1.54) is 12.1 Å². The number of non-ortho nitro benzene ring substituents is 1. The van der Waals surface area contributed by atoms with E-state index in [4.69, 9.17) is 4.42 Å². The molecule has 0 fully saturated rings. The van der Waals surface area contributed by atoms with Crippen LogP contribution in [0.4, 0.5) is 5.69 Å². The number of carbonyl (C=O) groups is 1. The molecule has 24 heavy (non-hydrogen) atoms. The smallest absolute Gasteiger partial charge is 0.339 e. The lowest BCUT2D eigenvalue weighted by Crippen LogP contribution is -2.29. The molecule has 1 aromatic carbocycles. The molecule has 0 saturated heterocycles. The SMILES string of the molecule is CC1(C)CC(=O)c2cc(Cc3cccc([N+](=O)[O-])c3)c(=O)oc2C1. The first-order valence-corrected chi connectivity index (χ1v) is 7.68. The summed E-state index contributed by atoms with van der Waals surface area (Å²) in [7, 11) is 0. The molecule has 0 atom stereocenters. The van der Waals surface area contributed by atoms with Gasteiger partial charge in [-0.15, -0.1) is 0 Å². The van der Waals surface area contributed by atoms with Crippen molar-refractivity contribution >= 4 is 11.5 Å². The van der Waals surface area contributed by atoms with Crippen molar-refractivity contribution in [2.45, 2.75) is 33.1 Å². The Hall–Kier alpha value is -2.76. The zero-order chi connectivity index (χ0) is 17.5. The van der Waals surface area contributed by atoms with E-state index in [1.807, 2.05) is 13.8 Å². The maximum absolute atomic E-state index is 12.3. The van der Waals surface area contributed by atoms with Gasteiger partial charge in [0.2, 0.25) is 0 Å². The summed E-state index contributed by atoms with van der Waals surface area (Å²) >= 11 is 0. The molecule has 0 amide bonds. The summed E-state index contributed by atoms with van der Waals surface area (Å²) in [6, 6.07) is 7.67. The zero-order valence-corrected chi connectivity index (χ0v) is 13.5. The third kappa shape index (κ3) is 3.13. The fraction of sp³-hybridized carbons (Fsp3) is 0.333. The molecule has 1 aromatic heterocycles. The van der Waals surface area contributed by atoms with E-state index in [2.05, 4.69) is 0 Å². The number of nitro groups is 1. The molecule has 124 valence electrons. The molecule has 6 nitrogen and oxygen atoms in total. The normalized spacial score (nSPS) is 15.8. The summed E-state index contributed by atoms with van der Waals surface area (Å²) in [5, 5.41) is 10.8. The third-order valence-corrected chi connectivity index (χ3v) is 4.19. The first kappa shape index (κ1) is 16.1. The van der Waals surface area contributed by atoms with Crippen LogP contribution >= 0.6 is 0 Å². The van der Waals surface area contributed by atoms with Crippen molar-refractivity contribution in [2.24, 2.45) is 5.41 Å². The Labute approximate surface area is 138 Å². The summed E-state index contributed by atoms with van der Waals surface area (Å²) < 4.78 is 5.38. The number of rotatable bonds is 3. The van der Waals surface area contributed by atoms with Crippen LogP contribution < -0.4 is 5.63 Å². The van der Waals surface area contributed by atoms with Crippen LogP contribution in [-0.2, 0) is 12.8 Å². The van der Waals surface area contributed by atoms with Crippen LogP contribution in [-0.4, -0.2) is 10.7 Å². The Morgan fingerprint density at radius 3 is 2.67 bits per heavy atom. The van der Waals surface area contributed by atoms with E-state index in [0.717, 1.165) is 0 Å². The van der Waals surface area contributed by atoms with Crippen molar-refractivity contribution in [2.75, 3.05) is 0 Å². The van der Waals surface area contributed by atoms with Crippen molar-refractivity contribution in [3.63, 3.8) is 0 Å². The Morgan fingerprint density at radius 1 is 1.21 bits per heavy atom. The Bertz CT molecular complexity index is 895. The summed E-state index contributed by atoms with van der Waals surface area (Å²) in [5.74, 6) is 0.398. The number of benzene rings is 1. The van der Waals surface area contributed by atoms with E-state index in [0.29, 0.717) is 35.3 Å². The molecule has 0 saturated carbocycles. The van der Waals surface area contributed by atoms with E-state index in [9.17, 15) is 19.7 Å². The van der Waals surface area contributed by atoms with Crippen molar-refractivity contribution in [1.82, 2.24) is 0 Å². The molecule has 1 aliphatic carbocycles. The van der Waals surface area contributed by atoms with Crippen LogP contribution in [0.5, 0.6) is 0 Å². The van der Waals surface area contributed by atoms with Gasteiger partial charge in [-0.3, -0.25) is 14.9 Å². The summed E-state index contributed by atoms with van der Waals surface area (Å²) in [4.78, 5) is 34.9.